The molecule has 0 saturated carbocycles. The van der Waals surface area contributed by atoms with Crippen LogP contribution in [0.25, 0.3) is 0 Å². The zero-order valence-corrected chi connectivity index (χ0v) is 52.7. The van der Waals surface area contributed by atoms with Gasteiger partial charge in [-0.3, -0.25) is 9.68 Å². The summed E-state index contributed by atoms with van der Waals surface area (Å²) in [4.78, 5) is 27.9. The molecule has 2 unspecified atom stereocenters. The Morgan fingerprint density at radius 1 is 0.387 bits per heavy atom. The molecular weight excluding hydrogens is 946 g/mol. The minimum atomic E-state index is -0.111. The van der Waals surface area contributed by atoms with Crippen molar-refractivity contribution < 1.29 is 9.68 Å². The third-order valence-corrected chi connectivity index (χ3v) is 17.4. The van der Waals surface area contributed by atoms with Crippen molar-refractivity contribution in [1.82, 2.24) is 25.1 Å². The molecule has 3 heterocycles. The lowest BCUT2D eigenvalue weighted by Crippen LogP contribution is -2.62. The first-order valence-corrected chi connectivity index (χ1v) is 33.2. The summed E-state index contributed by atoms with van der Waals surface area (Å²) in [6.07, 6.45) is 52.6. The number of nitrogens with zero attached hydrogens (tertiary/aromatic N) is 5. The van der Waals surface area contributed by atoms with Crippen LogP contribution in [0.5, 0.6) is 0 Å². The van der Waals surface area contributed by atoms with Crippen molar-refractivity contribution in [1.29, 1.82) is 0 Å². The topological polar surface area (TPSA) is 87.7 Å². The van der Waals surface area contributed by atoms with Crippen LogP contribution in [-0.2, 0) is 9.68 Å². The monoisotopic (exact) mass is 1070 g/mol. The standard InChI is InChI=1S/C65H126ClN7O2/c1-13-17-19-21-23-25-27-29-31-33-35-37-39-41-43-45-49-74-72-62(5,6)51-55(52-63(72,7)8)57(47-15-3)67-60-69-59(66)70-61(71-60)68-58(48-16-4)56-53-64(9,10)73(65(11,12)54-56)75-50-46-44-42-40-38-36-34-32-30-28-26-24-22-20-18-14-2/h55-58H,13-54H2,1-12H3,(H2,67,68,69,70,71). The molecule has 2 aliphatic rings. The zero-order valence-electron chi connectivity index (χ0n) is 51.9. The van der Waals surface area contributed by atoms with Gasteiger partial charge in [0.15, 0.2) is 0 Å². The van der Waals surface area contributed by atoms with E-state index in [0.717, 1.165) is 77.4 Å². The van der Waals surface area contributed by atoms with Crippen LogP contribution in [0.1, 0.15) is 340 Å². The fraction of sp³-hybridized carbons (Fsp3) is 0.954. The summed E-state index contributed by atoms with van der Waals surface area (Å²) in [6.45, 7) is 29.7. The predicted octanol–water partition coefficient (Wildman–Crippen LogP) is 20.6. The number of anilines is 2. The third-order valence-electron chi connectivity index (χ3n) is 17.3. The summed E-state index contributed by atoms with van der Waals surface area (Å²) >= 11 is 6.76. The highest BCUT2D eigenvalue weighted by Crippen LogP contribution is 2.46. The van der Waals surface area contributed by atoms with Crippen molar-refractivity contribution in [3.05, 3.63) is 5.28 Å². The number of rotatable bonds is 46. The van der Waals surface area contributed by atoms with Crippen molar-refractivity contribution in [2.45, 2.75) is 374 Å². The smallest absolute Gasteiger partial charge is 0.229 e. The second-order valence-corrected chi connectivity index (χ2v) is 27.1. The molecule has 9 nitrogen and oxygen atoms in total. The highest BCUT2D eigenvalue weighted by molar-refractivity contribution is 6.28. The van der Waals surface area contributed by atoms with Gasteiger partial charge >= 0.3 is 0 Å². The normalized spacial score (nSPS) is 18.9. The Kier molecular flexibility index (Phi) is 34.8. The van der Waals surface area contributed by atoms with Crippen LogP contribution in [0.2, 0.25) is 5.28 Å². The van der Waals surface area contributed by atoms with E-state index in [1.807, 2.05) is 0 Å². The van der Waals surface area contributed by atoms with Crippen LogP contribution < -0.4 is 10.6 Å². The highest BCUT2D eigenvalue weighted by Gasteiger charge is 2.50. The molecule has 440 valence electrons. The van der Waals surface area contributed by atoms with E-state index >= 15 is 0 Å². The molecule has 1 aromatic heterocycles. The summed E-state index contributed by atoms with van der Waals surface area (Å²) < 4.78 is 0. The van der Waals surface area contributed by atoms with Gasteiger partial charge in [-0.15, -0.1) is 0 Å². The lowest BCUT2D eigenvalue weighted by Gasteiger charge is -2.55. The van der Waals surface area contributed by atoms with Gasteiger partial charge in [-0.2, -0.15) is 25.1 Å². The number of aromatic nitrogens is 3. The van der Waals surface area contributed by atoms with E-state index < -0.39 is 0 Å². The first-order chi connectivity index (χ1) is 36.0. The highest BCUT2D eigenvalue weighted by atomic mass is 35.5. The number of piperidine rings is 2. The molecule has 10 heteroatoms. The largest absolute Gasteiger partial charge is 0.351 e. The van der Waals surface area contributed by atoms with Crippen molar-refractivity contribution in [2.24, 2.45) is 11.8 Å². The summed E-state index contributed by atoms with van der Waals surface area (Å²) in [5.74, 6) is 1.99. The Morgan fingerprint density at radius 3 is 0.867 bits per heavy atom. The quantitative estimate of drug-likeness (QED) is 0.0620. The first kappa shape index (κ1) is 68.0. The van der Waals surface area contributed by atoms with Gasteiger partial charge in [-0.1, -0.05) is 233 Å². The SMILES string of the molecule is CCCCCCCCCCCCCCCCCCON1C(C)(C)CC(C(CCC)Nc2nc(Cl)nc(NC(CCC)C3CC(C)(C)N(OCCCCCCCCCCCCCCCCCC)C(C)(C)C3)n2)CC1(C)C. The van der Waals surface area contributed by atoms with Gasteiger partial charge in [0.05, 0.1) is 13.2 Å². The number of hydroxylamine groups is 4. The fourth-order valence-electron chi connectivity index (χ4n) is 13.8. The molecule has 2 aliphatic heterocycles. The van der Waals surface area contributed by atoms with Gasteiger partial charge in [0, 0.05) is 34.2 Å². The molecule has 0 spiro atoms. The lowest BCUT2D eigenvalue weighted by molar-refractivity contribution is -0.289. The maximum atomic E-state index is 6.76. The Hall–Kier alpha value is -1.26. The number of hydrogen-bond donors (Lipinski definition) is 2. The van der Waals surface area contributed by atoms with E-state index in [0.29, 0.717) is 23.7 Å². The maximum absolute atomic E-state index is 6.76. The van der Waals surface area contributed by atoms with E-state index in [-0.39, 0.29) is 39.5 Å². The molecule has 3 rings (SSSR count). The molecule has 0 aromatic carbocycles. The first-order valence-electron chi connectivity index (χ1n) is 32.8. The van der Waals surface area contributed by atoms with Crippen molar-refractivity contribution in [2.75, 3.05) is 23.8 Å². The second kappa shape index (κ2) is 38.4. The molecule has 2 N–H and O–H groups in total. The van der Waals surface area contributed by atoms with Gasteiger partial charge < -0.3 is 10.6 Å². The summed E-state index contributed by atoms with van der Waals surface area (Å²) in [7, 11) is 0. The van der Waals surface area contributed by atoms with E-state index in [2.05, 4.69) is 114 Å². The average Bonchev–Trinajstić information content (AvgIpc) is 3.33. The lowest BCUT2D eigenvalue weighted by atomic mass is 9.71. The van der Waals surface area contributed by atoms with E-state index in [4.69, 9.17) is 26.3 Å². The Balaban J connectivity index is 1.43. The van der Waals surface area contributed by atoms with E-state index in [1.54, 1.807) is 0 Å². The molecule has 0 amide bonds. The van der Waals surface area contributed by atoms with Crippen molar-refractivity contribution >= 4 is 23.5 Å². The molecule has 2 fully saturated rings. The van der Waals surface area contributed by atoms with Crippen molar-refractivity contribution in [3.8, 4) is 0 Å². The molecule has 0 bridgehead atoms. The summed E-state index contributed by atoms with van der Waals surface area (Å²) in [5, 5.41) is 12.6. The minimum Gasteiger partial charge on any atom is -0.351 e. The molecule has 0 aliphatic carbocycles. The number of halogens is 1. The van der Waals surface area contributed by atoms with Crippen LogP contribution in [0.3, 0.4) is 0 Å². The average molecular weight is 1070 g/mol. The van der Waals surface area contributed by atoms with Crippen molar-refractivity contribution in [3.63, 3.8) is 0 Å². The zero-order chi connectivity index (χ0) is 54.8. The van der Waals surface area contributed by atoms with Crippen LogP contribution in [0, 0.1) is 11.8 Å². The minimum absolute atomic E-state index is 0.111. The van der Waals surface area contributed by atoms with Crippen LogP contribution in [0.4, 0.5) is 11.9 Å². The second-order valence-electron chi connectivity index (χ2n) is 26.8. The van der Waals surface area contributed by atoms with Gasteiger partial charge in [-0.05, 0) is 130 Å². The third kappa shape index (κ3) is 27.6. The van der Waals surface area contributed by atoms with Gasteiger partial charge in [0.1, 0.15) is 0 Å². The number of nitrogens with one attached hydrogen (secondary N) is 2. The van der Waals surface area contributed by atoms with Gasteiger partial charge in [0.2, 0.25) is 17.2 Å². The summed E-state index contributed by atoms with van der Waals surface area (Å²) in [6, 6.07) is 0.415. The Bertz CT molecular complexity index is 1410. The van der Waals surface area contributed by atoms with Gasteiger partial charge in [0.25, 0.3) is 0 Å². The fourth-order valence-corrected chi connectivity index (χ4v) is 14.0. The molecule has 1 aromatic rings. The molecule has 2 atom stereocenters. The predicted molar refractivity (Wildman–Crippen MR) is 326 cm³/mol. The Labute approximate surface area is 471 Å². The van der Waals surface area contributed by atoms with E-state index in [1.165, 1.54) is 193 Å². The number of hydrogen-bond acceptors (Lipinski definition) is 9. The number of unbranched alkanes of at least 4 members (excludes halogenated alkanes) is 30. The Morgan fingerprint density at radius 2 is 0.627 bits per heavy atom. The molecule has 0 radical (unpaired) electrons. The maximum Gasteiger partial charge on any atom is 0.229 e. The van der Waals surface area contributed by atoms with E-state index in [9.17, 15) is 0 Å². The molecular formula is C65H126ClN7O2. The van der Waals surface area contributed by atoms with Crippen LogP contribution in [-0.4, -0.2) is 72.5 Å². The van der Waals surface area contributed by atoms with Gasteiger partial charge in [-0.25, -0.2) is 0 Å². The molecule has 2 saturated heterocycles. The molecule has 75 heavy (non-hydrogen) atoms. The van der Waals surface area contributed by atoms with Crippen LogP contribution >= 0.6 is 11.6 Å². The summed E-state index contributed by atoms with van der Waals surface area (Å²) in [5.41, 5.74) is -0.446. The van der Waals surface area contributed by atoms with Crippen LogP contribution in [0.15, 0.2) is 0 Å².